The largest absolute Gasteiger partial charge is 0.330 e. The maximum Gasteiger partial charge on any atom is 0.265 e. The highest BCUT2D eigenvalue weighted by Crippen LogP contribution is 2.31. The molecule has 1 aliphatic heterocycles. The first-order valence-electron chi connectivity index (χ1n) is 4.65. The quantitative estimate of drug-likeness (QED) is 0.492. The number of carbonyl (C=O) groups excluding carboxylic acids is 2. The van der Waals surface area contributed by atoms with Crippen LogP contribution in [0.1, 0.15) is 27.2 Å². The van der Waals surface area contributed by atoms with Crippen molar-refractivity contribution in [3.8, 4) is 0 Å². The van der Waals surface area contributed by atoms with E-state index in [4.69, 9.17) is 5.21 Å². The van der Waals surface area contributed by atoms with E-state index >= 15 is 0 Å². The van der Waals surface area contributed by atoms with E-state index in [9.17, 15) is 9.59 Å². The van der Waals surface area contributed by atoms with Crippen LogP contribution >= 0.6 is 0 Å². The molecule has 0 radical (unpaired) electrons. The standard InChI is InChI=1S/C9H16N2O3/c1-6(7(12)10-14)11-5-4-9(2,3)8(11)13/h6,14H,4-5H2,1-3H3,(H,10,12)/t6-/m1/s1. The topological polar surface area (TPSA) is 69.6 Å². The van der Waals surface area contributed by atoms with Crippen LogP contribution in [0.2, 0.25) is 0 Å². The van der Waals surface area contributed by atoms with Gasteiger partial charge in [-0.1, -0.05) is 13.8 Å². The summed E-state index contributed by atoms with van der Waals surface area (Å²) in [4.78, 5) is 24.3. The molecule has 5 nitrogen and oxygen atoms in total. The molecule has 0 aliphatic carbocycles. The van der Waals surface area contributed by atoms with Crippen LogP contribution in [0.25, 0.3) is 0 Å². The third-order valence-electron chi connectivity index (χ3n) is 2.77. The van der Waals surface area contributed by atoms with E-state index in [1.807, 2.05) is 13.8 Å². The lowest BCUT2D eigenvalue weighted by Gasteiger charge is -2.24. The second-order valence-electron chi connectivity index (χ2n) is 4.28. The molecule has 1 fully saturated rings. The zero-order valence-corrected chi connectivity index (χ0v) is 8.70. The van der Waals surface area contributed by atoms with Crippen LogP contribution < -0.4 is 5.48 Å². The molecule has 0 spiro atoms. The van der Waals surface area contributed by atoms with Gasteiger partial charge in [0.25, 0.3) is 5.91 Å². The molecule has 0 bridgehead atoms. The van der Waals surface area contributed by atoms with Gasteiger partial charge < -0.3 is 4.90 Å². The minimum Gasteiger partial charge on any atom is -0.330 e. The molecule has 0 aromatic rings. The summed E-state index contributed by atoms with van der Waals surface area (Å²) in [6, 6.07) is -0.603. The molecule has 2 N–H and O–H groups in total. The highest BCUT2D eigenvalue weighted by molar-refractivity contribution is 5.90. The molecule has 0 aromatic heterocycles. The number of hydroxylamine groups is 1. The predicted molar refractivity (Wildman–Crippen MR) is 49.5 cm³/mol. The second-order valence-corrected chi connectivity index (χ2v) is 4.28. The molecule has 1 heterocycles. The predicted octanol–water partition coefficient (Wildman–Crippen LogP) is 0.139. The van der Waals surface area contributed by atoms with Gasteiger partial charge in [0.05, 0.1) is 0 Å². The van der Waals surface area contributed by atoms with Crippen LogP contribution in [0.4, 0.5) is 0 Å². The van der Waals surface area contributed by atoms with Crippen molar-refractivity contribution in [1.29, 1.82) is 0 Å². The molecule has 0 saturated carbocycles. The average molecular weight is 200 g/mol. The van der Waals surface area contributed by atoms with E-state index in [0.717, 1.165) is 6.42 Å². The van der Waals surface area contributed by atoms with Gasteiger partial charge in [-0.05, 0) is 13.3 Å². The summed E-state index contributed by atoms with van der Waals surface area (Å²) in [6.45, 7) is 5.89. The van der Waals surface area contributed by atoms with Crippen molar-refractivity contribution in [3.63, 3.8) is 0 Å². The molecule has 1 rings (SSSR count). The monoisotopic (exact) mass is 200 g/mol. The van der Waals surface area contributed by atoms with Crippen LogP contribution in [0, 0.1) is 5.41 Å². The number of hydrogen-bond acceptors (Lipinski definition) is 3. The molecular formula is C9H16N2O3. The Kier molecular flexibility index (Phi) is 2.80. The zero-order valence-electron chi connectivity index (χ0n) is 8.70. The number of hydrogen-bond donors (Lipinski definition) is 2. The third kappa shape index (κ3) is 1.72. The van der Waals surface area contributed by atoms with Gasteiger partial charge in [-0.3, -0.25) is 14.8 Å². The van der Waals surface area contributed by atoms with Crippen molar-refractivity contribution in [2.75, 3.05) is 6.54 Å². The van der Waals surface area contributed by atoms with Gasteiger partial charge in [0, 0.05) is 12.0 Å². The van der Waals surface area contributed by atoms with Gasteiger partial charge in [-0.25, -0.2) is 5.48 Å². The Balaban J connectivity index is 2.73. The molecule has 0 unspecified atom stereocenters. The average Bonchev–Trinajstić information content (AvgIpc) is 2.40. The van der Waals surface area contributed by atoms with E-state index in [2.05, 4.69) is 0 Å². The summed E-state index contributed by atoms with van der Waals surface area (Å²) in [5.74, 6) is -0.579. The first kappa shape index (κ1) is 11.0. The van der Waals surface area contributed by atoms with E-state index in [1.54, 1.807) is 12.4 Å². The van der Waals surface area contributed by atoms with Gasteiger partial charge in [0.15, 0.2) is 0 Å². The number of likely N-dealkylation sites (tertiary alicyclic amines) is 1. The van der Waals surface area contributed by atoms with Crippen LogP contribution in [-0.2, 0) is 9.59 Å². The second kappa shape index (κ2) is 3.57. The summed E-state index contributed by atoms with van der Waals surface area (Å²) in [6.07, 6.45) is 0.745. The lowest BCUT2D eigenvalue weighted by molar-refractivity contribution is -0.144. The van der Waals surface area contributed by atoms with Crippen LogP contribution in [0.15, 0.2) is 0 Å². The SMILES string of the molecule is C[C@H](C(=O)NO)N1CCC(C)(C)C1=O. The van der Waals surface area contributed by atoms with Crippen LogP contribution in [-0.4, -0.2) is 34.5 Å². The summed E-state index contributed by atoms with van der Waals surface area (Å²) < 4.78 is 0. The first-order valence-corrected chi connectivity index (χ1v) is 4.65. The molecule has 80 valence electrons. The molecule has 1 atom stereocenters. The fourth-order valence-corrected chi connectivity index (χ4v) is 1.60. The van der Waals surface area contributed by atoms with Crippen molar-refractivity contribution < 1.29 is 14.8 Å². The summed E-state index contributed by atoms with van der Waals surface area (Å²) >= 11 is 0. The number of rotatable bonds is 2. The maximum atomic E-state index is 11.8. The summed E-state index contributed by atoms with van der Waals surface area (Å²) in [7, 11) is 0. The number of nitrogens with one attached hydrogen (secondary N) is 1. The Bertz CT molecular complexity index is 263. The van der Waals surface area contributed by atoms with Crippen molar-refractivity contribution in [1.82, 2.24) is 10.4 Å². The summed E-state index contributed by atoms with van der Waals surface area (Å²) in [5, 5.41) is 8.44. The minimum atomic E-state index is -0.603. The van der Waals surface area contributed by atoms with Crippen LogP contribution in [0.3, 0.4) is 0 Å². The first-order chi connectivity index (χ1) is 6.40. The number of nitrogens with zero attached hydrogens (tertiary/aromatic N) is 1. The highest BCUT2D eigenvalue weighted by Gasteiger charge is 2.42. The Labute approximate surface area is 83.0 Å². The fraction of sp³-hybridized carbons (Fsp3) is 0.778. The van der Waals surface area contributed by atoms with E-state index < -0.39 is 11.9 Å². The van der Waals surface area contributed by atoms with Gasteiger partial charge >= 0.3 is 0 Å². The normalized spacial score (nSPS) is 22.3. The molecule has 5 heteroatoms. The van der Waals surface area contributed by atoms with E-state index in [-0.39, 0.29) is 11.3 Å². The molecule has 2 amide bonds. The Morgan fingerprint density at radius 3 is 2.57 bits per heavy atom. The zero-order chi connectivity index (χ0) is 10.9. The highest BCUT2D eigenvalue weighted by atomic mass is 16.5. The maximum absolute atomic E-state index is 11.8. The summed E-state index contributed by atoms with van der Waals surface area (Å²) in [5.41, 5.74) is 1.17. The number of carbonyl (C=O) groups is 2. The van der Waals surface area contributed by atoms with Gasteiger partial charge in [-0.15, -0.1) is 0 Å². The van der Waals surface area contributed by atoms with Gasteiger partial charge in [0.1, 0.15) is 6.04 Å². The van der Waals surface area contributed by atoms with Crippen LogP contribution in [0.5, 0.6) is 0 Å². The minimum absolute atomic E-state index is 0.0337. The number of amides is 2. The van der Waals surface area contributed by atoms with Gasteiger partial charge in [-0.2, -0.15) is 0 Å². The molecule has 14 heavy (non-hydrogen) atoms. The molecule has 1 aliphatic rings. The van der Waals surface area contributed by atoms with E-state index in [0.29, 0.717) is 6.54 Å². The fourth-order valence-electron chi connectivity index (χ4n) is 1.60. The van der Waals surface area contributed by atoms with Crippen molar-refractivity contribution in [2.24, 2.45) is 5.41 Å². The van der Waals surface area contributed by atoms with Crippen molar-refractivity contribution in [2.45, 2.75) is 33.2 Å². The smallest absolute Gasteiger partial charge is 0.265 e. The lowest BCUT2D eigenvalue weighted by Crippen LogP contribution is -2.46. The van der Waals surface area contributed by atoms with Crippen molar-refractivity contribution >= 4 is 11.8 Å². The molecular weight excluding hydrogens is 184 g/mol. The Morgan fingerprint density at radius 1 is 1.64 bits per heavy atom. The van der Waals surface area contributed by atoms with E-state index in [1.165, 1.54) is 4.90 Å². The lowest BCUT2D eigenvalue weighted by atomic mass is 9.92. The Hall–Kier alpha value is -1.10. The molecule has 0 aromatic carbocycles. The Morgan fingerprint density at radius 2 is 2.21 bits per heavy atom. The third-order valence-corrected chi connectivity index (χ3v) is 2.77. The van der Waals surface area contributed by atoms with Gasteiger partial charge in [0.2, 0.25) is 5.91 Å². The van der Waals surface area contributed by atoms with Crippen molar-refractivity contribution in [3.05, 3.63) is 0 Å². The molecule has 1 saturated heterocycles.